The first-order valence-corrected chi connectivity index (χ1v) is 9.84. The molecule has 28 heavy (non-hydrogen) atoms. The molecule has 1 atom stereocenters. The molecule has 146 valence electrons. The van der Waals surface area contributed by atoms with Crippen LogP contribution in [0.2, 0.25) is 0 Å². The van der Waals surface area contributed by atoms with Gasteiger partial charge in [-0.25, -0.2) is 4.98 Å². The largest absolute Gasteiger partial charge is 0.445 e. The Hall–Kier alpha value is -2.89. The SMILES string of the molecule is CC(C)c1cc(C(=O)N2CCCC(c3ncc(Cc4ccccc4)o3)C2)on1. The van der Waals surface area contributed by atoms with E-state index < -0.39 is 0 Å². The van der Waals surface area contributed by atoms with E-state index in [-0.39, 0.29) is 17.7 Å². The van der Waals surface area contributed by atoms with Crippen LogP contribution in [0.1, 0.15) is 72.0 Å². The number of nitrogens with zero attached hydrogens (tertiary/aromatic N) is 3. The van der Waals surface area contributed by atoms with Gasteiger partial charge in [-0.2, -0.15) is 0 Å². The minimum atomic E-state index is -0.111. The summed E-state index contributed by atoms with van der Waals surface area (Å²) in [5, 5.41) is 4.00. The first kappa shape index (κ1) is 18.5. The van der Waals surface area contributed by atoms with Crippen LogP contribution in [0.4, 0.5) is 0 Å². The van der Waals surface area contributed by atoms with Gasteiger partial charge in [0.2, 0.25) is 5.76 Å². The van der Waals surface area contributed by atoms with Gasteiger partial charge in [-0.1, -0.05) is 49.3 Å². The molecule has 3 heterocycles. The Morgan fingerprint density at radius 2 is 2.11 bits per heavy atom. The lowest BCUT2D eigenvalue weighted by Gasteiger charge is -2.30. The summed E-state index contributed by atoms with van der Waals surface area (Å²) in [6, 6.07) is 11.9. The quantitative estimate of drug-likeness (QED) is 0.657. The van der Waals surface area contributed by atoms with Crippen molar-refractivity contribution in [3.8, 4) is 0 Å². The van der Waals surface area contributed by atoms with E-state index in [4.69, 9.17) is 8.94 Å². The highest BCUT2D eigenvalue weighted by molar-refractivity contribution is 5.91. The summed E-state index contributed by atoms with van der Waals surface area (Å²) in [5.74, 6) is 2.09. The van der Waals surface area contributed by atoms with Gasteiger partial charge in [0.25, 0.3) is 5.91 Å². The van der Waals surface area contributed by atoms with Gasteiger partial charge in [0, 0.05) is 25.6 Å². The van der Waals surface area contributed by atoms with E-state index in [9.17, 15) is 4.79 Å². The van der Waals surface area contributed by atoms with E-state index in [2.05, 4.69) is 22.3 Å². The van der Waals surface area contributed by atoms with Gasteiger partial charge >= 0.3 is 0 Å². The third-order valence-corrected chi connectivity index (χ3v) is 5.18. The number of aromatic nitrogens is 2. The average molecular weight is 379 g/mol. The molecule has 1 unspecified atom stereocenters. The van der Waals surface area contributed by atoms with E-state index in [1.54, 1.807) is 12.3 Å². The lowest BCUT2D eigenvalue weighted by atomic mass is 9.97. The second-order valence-corrected chi connectivity index (χ2v) is 7.69. The number of amides is 1. The summed E-state index contributed by atoms with van der Waals surface area (Å²) >= 11 is 0. The molecule has 1 aromatic carbocycles. The summed E-state index contributed by atoms with van der Waals surface area (Å²) in [5.41, 5.74) is 1.99. The first-order valence-electron chi connectivity index (χ1n) is 9.84. The number of hydrogen-bond acceptors (Lipinski definition) is 5. The predicted molar refractivity (Wildman–Crippen MR) is 104 cm³/mol. The third-order valence-electron chi connectivity index (χ3n) is 5.18. The van der Waals surface area contributed by atoms with Gasteiger partial charge < -0.3 is 13.8 Å². The number of benzene rings is 1. The fraction of sp³-hybridized carbons (Fsp3) is 0.409. The van der Waals surface area contributed by atoms with Crippen molar-refractivity contribution < 1.29 is 13.7 Å². The molecule has 0 radical (unpaired) electrons. The van der Waals surface area contributed by atoms with Crippen molar-refractivity contribution in [3.63, 3.8) is 0 Å². The number of carbonyl (C=O) groups is 1. The Morgan fingerprint density at radius 3 is 2.86 bits per heavy atom. The minimum absolute atomic E-state index is 0.106. The molecule has 0 bridgehead atoms. The van der Waals surface area contributed by atoms with Crippen LogP contribution in [0.25, 0.3) is 0 Å². The Bertz CT molecular complexity index is 929. The lowest BCUT2D eigenvalue weighted by molar-refractivity contribution is 0.0656. The van der Waals surface area contributed by atoms with Gasteiger partial charge in [0.05, 0.1) is 17.8 Å². The zero-order valence-electron chi connectivity index (χ0n) is 16.3. The molecule has 0 spiro atoms. The Morgan fingerprint density at radius 1 is 1.29 bits per heavy atom. The van der Waals surface area contributed by atoms with E-state index in [0.29, 0.717) is 24.7 Å². The molecule has 1 aliphatic heterocycles. The maximum atomic E-state index is 12.8. The van der Waals surface area contributed by atoms with Crippen LogP contribution in [0.3, 0.4) is 0 Å². The minimum Gasteiger partial charge on any atom is -0.445 e. The summed E-state index contributed by atoms with van der Waals surface area (Å²) in [7, 11) is 0. The number of rotatable bonds is 5. The molecule has 3 aromatic rings. The average Bonchev–Trinajstić information content (AvgIpc) is 3.38. The van der Waals surface area contributed by atoms with E-state index >= 15 is 0 Å². The fourth-order valence-corrected chi connectivity index (χ4v) is 3.57. The molecule has 0 aliphatic carbocycles. The van der Waals surface area contributed by atoms with Crippen molar-refractivity contribution in [2.75, 3.05) is 13.1 Å². The first-order chi connectivity index (χ1) is 13.6. The normalized spacial score (nSPS) is 17.2. The molecule has 1 amide bonds. The maximum Gasteiger partial charge on any atom is 0.292 e. The summed E-state index contributed by atoms with van der Waals surface area (Å²) < 4.78 is 11.3. The third kappa shape index (κ3) is 4.01. The zero-order valence-corrected chi connectivity index (χ0v) is 16.3. The molecule has 4 rings (SSSR count). The van der Waals surface area contributed by atoms with Gasteiger partial charge in [0.15, 0.2) is 5.89 Å². The molecular weight excluding hydrogens is 354 g/mol. The second-order valence-electron chi connectivity index (χ2n) is 7.69. The van der Waals surface area contributed by atoms with Gasteiger partial charge in [-0.05, 0) is 24.3 Å². The van der Waals surface area contributed by atoms with E-state index in [1.165, 1.54) is 5.56 Å². The number of piperidine rings is 1. The van der Waals surface area contributed by atoms with Crippen LogP contribution in [-0.2, 0) is 6.42 Å². The van der Waals surface area contributed by atoms with Gasteiger partial charge in [-0.15, -0.1) is 0 Å². The van der Waals surface area contributed by atoms with Crippen molar-refractivity contribution in [3.05, 3.63) is 71.3 Å². The lowest BCUT2D eigenvalue weighted by Crippen LogP contribution is -2.39. The molecule has 1 saturated heterocycles. The maximum absolute atomic E-state index is 12.8. The highest BCUT2D eigenvalue weighted by Gasteiger charge is 2.30. The fourth-order valence-electron chi connectivity index (χ4n) is 3.57. The molecule has 0 N–H and O–H groups in total. The molecule has 0 saturated carbocycles. The van der Waals surface area contributed by atoms with Crippen molar-refractivity contribution in [2.24, 2.45) is 0 Å². The molecular formula is C22H25N3O3. The smallest absolute Gasteiger partial charge is 0.292 e. The van der Waals surface area contributed by atoms with Crippen LogP contribution in [0.15, 0.2) is 51.5 Å². The molecule has 6 nitrogen and oxygen atoms in total. The highest BCUT2D eigenvalue weighted by Crippen LogP contribution is 2.28. The van der Waals surface area contributed by atoms with Gasteiger partial charge in [-0.3, -0.25) is 4.79 Å². The summed E-state index contributed by atoms with van der Waals surface area (Å²) in [6.45, 7) is 5.35. The number of carbonyl (C=O) groups excluding carboxylic acids is 1. The van der Waals surface area contributed by atoms with Crippen LogP contribution >= 0.6 is 0 Å². The molecule has 6 heteroatoms. The Balaban J connectivity index is 1.43. The summed E-state index contributed by atoms with van der Waals surface area (Å²) in [4.78, 5) is 19.1. The Kier molecular flexibility index (Phi) is 5.28. The van der Waals surface area contributed by atoms with Crippen molar-refractivity contribution in [1.82, 2.24) is 15.0 Å². The van der Waals surface area contributed by atoms with Crippen LogP contribution in [0.5, 0.6) is 0 Å². The van der Waals surface area contributed by atoms with Crippen LogP contribution in [-0.4, -0.2) is 34.0 Å². The zero-order chi connectivity index (χ0) is 19.5. The predicted octanol–water partition coefficient (Wildman–Crippen LogP) is 4.40. The van der Waals surface area contributed by atoms with Crippen molar-refractivity contribution >= 4 is 5.91 Å². The highest BCUT2D eigenvalue weighted by atomic mass is 16.5. The van der Waals surface area contributed by atoms with Crippen molar-refractivity contribution in [2.45, 2.75) is 44.9 Å². The molecule has 2 aromatic heterocycles. The van der Waals surface area contributed by atoms with Crippen LogP contribution in [0, 0.1) is 0 Å². The Labute approximate surface area is 164 Å². The summed E-state index contributed by atoms with van der Waals surface area (Å²) in [6.07, 6.45) is 4.40. The topological polar surface area (TPSA) is 72.4 Å². The number of oxazole rings is 1. The second kappa shape index (κ2) is 8.00. The monoisotopic (exact) mass is 379 g/mol. The van der Waals surface area contributed by atoms with E-state index in [0.717, 1.165) is 30.7 Å². The van der Waals surface area contributed by atoms with Crippen molar-refractivity contribution in [1.29, 1.82) is 0 Å². The number of likely N-dealkylation sites (tertiary alicyclic amines) is 1. The van der Waals surface area contributed by atoms with Gasteiger partial charge in [0.1, 0.15) is 5.76 Å². The number of hydrogen-bond donors (Lipinski definition) is 0. The van der Waals surface area contributed by atoms with Crippen LogP contribution < -0.4 is 0 Å². The van der Waals surface area contributed by atoms with E-state index in [1.807, 2.05) is 36.9 Å². The molecule has 1 aliphatic rings. The standard InChI is InChI=1S/C22H25N3O3/c1-15(2)19-12-20(28-24-19)22(26)25-10-6-9-17(14-25)21-23-13-18(27-21)11-16-7-4-3-5-8-16/h3-5,7-8,12-13,15,17H,6,9-11,14H2,1-2H3. The molecule has 1 fully saturated rings.